The molecule has 1 unspecified atom stereocenters. The van der Waals surface area contributed by atoms with E-state index in [4.69, 9.17) is 4.74 Å². The molecule has 1 saturated heterocycles. The number of amides is 2. The quantitative estimate of drug-likeness (QED) is 0.833. The number of nitrogens with one attached hydrogen (secondary N) is 1. The van der Waals surface area contributed by atoms with E-state index in [1.165, 1.54) is 0 Å². The number of benzene rings is 1. The predicted molar refractivity (Wildman–Crippen MR) is 91.7 cm³/mol. The molecular formula is C18H25N3O3. The number of fused-ring (bicyclic) bond motifs is 1. The van der Waals surface area contributed by atoms with E-state index in [2.05, 4.69) is 10.2 Å². The summed E-state index contributed by atoms with van der Waals surface area (Å²) in [7, 11) is 0. The van der Waals surface area contributed by atoms with Gasteiger partial charge in [0.15, 0.2) is 0 Å². The van der Waals surface area contributed by atoms with Crippen molar-refractivity contribution < 1.29 is 14.3 Å². The molecule has 0 radical (unpaired) electrons. The second-order valence-electron chi connectivity index (χ2n) is 6.40. The molecule has 1 fully saturated rings. The zero-order chi connectivity index (χ0) is 16.9. The van der Waals surface area contributed by atoms with E-state index < -0.39 is 0 Å². The Bertz CT molecular complexity index is 597. The minimum atomic E-state index is -0.149. The van der Waals surface area contributed by atoms with E-state index in [0.29, 0.717) is 13.0 Å². The van der Waals surface area contributed by atoms with Crippen molar-refractivity contribution in [3.05, 3.63) is 29.8 Å². The molecule has 1 atom stereocenters. The van der Waals surface area contributed by atoms with Crippen molar-refractivity contribution in [3.63, 3.8) is 0 Å². The Morgan fingerprint density at radius 1 is 1.25 bits per heavy atom. The highest BCUT2D eigenvalue weighted by molar-refractivity contribution is 5.94. The molecule has 6 nitrogen and oxygen atoms in total. The summed E-state index contributed by atoms with van der Waals surface area (Å²) in [6.07, 6.45) is 1.17. The fourth-order valence-electron chi connectivity index (χ4n) is 3.32. The third-order valence-corrected chi connectivity index (χ3v) is 4.71. The summed E-state index contributed by atoms with van der Waals surface area (Å²) in [6, 6.07) is 7.82. The average Bonchev–Trinajstić information content (AvgIpc) is 2.58. The van der Waals surface area contributed by atoms with Gasteiger partial charge >= 0.3 is 0 Å². The van der Waals surface area contributed by atoms with Gasteiger partial charge in [0.1, 0.15) is 0 Å². The first-order valence-electron chi connectivity index (χ1n) is 8.62. The third-order valence-electron chi connectivity index (χ3n) is 4.71. The molecule has 2 heterocycles. The Labute approximate surface area is 142 Å². The second kappa shape index (κ2) is 7.77. The first kappa shape index (κ1) is 16.9. The molecule has 6 heteroatoms. The van der Waals surface area contributed by atoms with Gasteiger partial charge in [0.2, 0.25) is 11.8 Å². The molecule has 3 rings (SSSR count). The van der Waals surface area contributed by atoms with Crippen molar-refractivity contribution in [2.75, 3.05) is 44.6 Å². The maximum atomic E-state index is 11.8. The normalized spacial score (nSPS) is 21.3. The summed E-state index contributed by atoms with van der Waals surface area (Å²) in [5.74, 6) is 0.172. The Morgan fingerprint density at radius 3 is 2.75 bits per heavy atom. The predicted octanol–water partition coefficient (Wildman–Crippen LogP) is 1.64. The van der Waals surface area contributed by atoms with E-state index in [1.807, 2.05) is 29.2 Å². The molecule has 130 valence electrons. The van der Waals surface area contributed by atoms with Crippen LogP contribution in [-0.4, -0.2) is 60.9 Å². The zero-order valence-corrected chi connectivity index (χ0v) is 14.2. The van der Waals surface area contributed by atoms with Crippen molar-refractivity contribution >= 4 is 17.5 Å². The Kier molecular flexibility index (Phi) is 5.48. The number of anilines is 1. The van der Waals surface area contributed by atoms with Gasteiger partial charge in [-0.25, -0.2) is 0 Å². The number of rotatable bonds is 5. The summed E-state index contributed by atoms with van der Waals surface area (Å²) in [6.45, 7) is 6.70. The number of ether oxygens (including phenoxy) is 1. The summed E-state index contributed by atoms with van der Waals surface area (Å²) < 4.78 is 5.98. The molecule has 0 aromatic heterocycles. The SMILES string of the molecule is CC(=O)N1CCN(CCCOC2CC(=O)Nc3ccccc32)CC1. The Hall–Kier alpha value is -1.92. The maximum Gasteiger partial charge on any atom is 0.227 e. The molecule has 2 amide bonds. The summed E-state index contributed by atoms with van der Waals surface area (Å²) >= 11 is 0. The lowest BCUT2D eigenvalue weighted by molar-refractivity contribution is -0.130. The van der Waals surface area contributed by atoms with Crippen LogP contribution in [-0.2, 0) is 14.3 Å². The highest BCUT2D eigenvalue weighted by Gasteiger charge is 2.25. The summed E-state index contributed by atoms with van der Waals surface area (Å²) in [5.41, 5.74) is 1.92. The molecule has 24 heavy (non-hydrogen) atoms. The van der Waals surface area contributed by atoms with Crippen LogP contribution < -0.4 is 5.32 Å². The largest absolute Gasteiger partial charge is 0.373 e. The molecule has 2 aliphatic rings. The maximum absolute atomic E-state index is 11.8. The van der Waals surface area contributed by atoms with Crippen LogP contribution in [0.5, 0.6) is 0 Å². The van der Waals surface area contributed by atoms with Crippen LogP contribution in [0.1, 0.15) is 31.4 Å². The van der Waals surface area contributed by atoms with Crippen LogP contribution in [0.3, 0.4) is 0 Å². The molecule has 1 aromatic rings. The van der Waals surface area contributed by atoms with Crippen LogP contribution in [0, 0.1) is 0 Å². The average molecular weight is 331 g/mol. The minimum Gasteiger partial charge on any atom is -0.373 e. The molecule has 0 spiro atoms. The van der Waals surface area contributed by atoms with Gasteiger partial charge in [-0.05, 0) is 12.5 Å². The second-order valence-corrected chi connectivity index (χ2v) is 6.40. The monoisotopic (exact) mass is 331 g/mol. The van der Waals surface area contributed by atoms with Gasteiger partial charge < -0.3 is 15.0 Å². The van der Waals surface area contributed by atoms with Gasteiger partial charge in [0.05, 0.1) is 12.5 Å². The van der Waals surface area contributed by atoms with Crippen molar-refractivity contribution in [3.8, 4) is 0 Å². The highest BCUT2D eigenvalue weighted by atomic mass is 16.5. The fraction of sp³-hybridized carbons (Fsp3) is 0.556. The van der Waals surface area contributed by atoms with E-state index >= 15 is 0 Å². The van der Waals surface area contributed by atoms with Crippen molar-refractivity contribution in [1.29, 1.82) is 0 Å². The van der Waals surface area contributed by atoms with Crippen molar-refractivity contribution in [2.45, 2.75) is 25.9 Å². The summed E-state index contributed by atoms with van der Waals surface area (Å²) in [4.78, 5) is 27.4. The van der Waals surface area contributed by atoms with E-state index in [0.717, 1.165) is 50.4 Å². The van der Waals surface area contributed by atoms with Crippen LogP contribution in [0.2, 0.25) is 0 Å². The number of piperazine rings is 1. The number of hydrogen-bond acceptors (Lipinski definition) is 4. The molecule has 0 aliphatic carbocycles. The van der Waals surface area contributed by atoms with Gasteiger partial charge in [-0.15, -0.1) is 0 Å². The lowest BCUT2D eigenvalue weighted by Crippen LogP contribution is -2.48. The first-order valence-corrected chi connectivity index (χ1v) is 8.62. The topological polar surface area (TPSA) is 61.9 Å². The van der Waals surface area contributed by atoms with Crippen LogP contribution in [0.15, 0.2) is 24.3 Å². The number of hydrogen-bond donors (Lipinski definition) is 1. The van der Waals surface area contributed by atoms with E-state index in [9.17, 15) is 9.59 Å². The molecular weight excluding hydrogens is 306 g/mol. The van der Waals surface area contributed by atoms with Gasteiger partial charge in [0, 0.05) is 57.5 Å². The van der Waals surface area contributed by atoms with Gasteiger partial charge in [-0.3, -0.25) is 14.5 Å². The molecule has 0 bridgehead atoms. The van der Waals surface area contributed by atoms with Gasteiger partial charge in [-0.1, -0.05) is 18.2 Å². The molecule has 0 saturated carbocycles. The van der Waals surface area contributed by atoms with E-state index in [1.54, 1.807) is 6.92 Å². The lowest BCUT2D eigenvalue weighted by Gasteiger charge is -2.34. The number of nitrogens with zero attached hydrogens (tertiary/aromatic N) is 2. The van der Waals surface area contributed by atoms with Crippen LogP contribution in [0.25, 0.3) is 0 Å². The Morgan fingerprint density at radius 2 is 2.00 bits per heavy atom. The first-order chi connectivity index (χ1) is 11.6. The number of para-hydroxylation sites is 1. The van der Waals surface area contributed by atoms with Crippen molar-refractivity contribution in [2.24, 2.45) is 0 Å². The lowest BCUT2D eigenvalue weighted by atomic mass is 10.00. The highest BCUT2D eigenvalue weighted by Crippen LogP contribution is 2.32. The van der Waals surface area contributed by atoms with Crippen LogP contribution >= 0.6 is 0 Å². The Balaban J connectivity index is 1.41. The zero-order valence-electron chi connectivity index (χ0n) is 14.2. The van der Waals surface area contributed by atoms with Crippen molar-refractivity contribution in [1.82, 2.24) is 9.80 Å². The summed E-state index contributed by atoms with van der Waals surface area (Å²) in [5, 5.41) is 2.89. The smallest absolute Gasteiger partial charge is 0.227 e. The standard InChI is InChI=1S/C18H25N3O3/c1-14(22)21-10-8-20(9-11-21)7-4-12-24-17-13-18(23)19-16-6-3-2-5-15(16)17/h2-3,5-6,17H,4,7-13H2,1H3,(H,19,23). The van der Waals surface area contributed by atoms with Gasteiger partial charge in [0.25, 0.3) is 0 Å². The fourth-order valence-corrected chi connectivity index (χ4v) is 3.32. The third kappa shape index (κ3) is 4.13. The number of carbonyl (C=O) groups excluding carboxylic acids is 2. The van der Waals surface area contributed by atoms with Gasteiger partial charge in [-0.2, -0.15) is 0 Å². The number of carbonyl (C=O) groups is 2. The van der Waals surface area contributed by atoms with E-state index in [-0.39, 0.29) is 17.9 Å². The molecule has 1 aromatic carbocycles. The minimum absolute atomic E-state index is 0.0130. The molecule has 2 aliphatic heterocycles. The molecule has 1 N–H and O–H groups in total. The van der Waals surface area contributed by atoms with Crippen LogP contribution in [0.4, 0.5) is 5.69 Å².